The summed E-state index contributed by atoms with van der Waals surface area (Å²) in [5, 5.41) is 6.85. The van der Waals surface area contributed by atoms with Crippen molar-refractivity contribution < 1.29 is 9.59 Å². The van der Waals surface area contributed by atoms with Crippen LogP contribution >= 0.6 is 0 Å². The third-order valence-corrected chi connectivity index (χ3v) is 5.78. The molecule has 0 aliphatic carbocycles. The van der Waals surface area contributed by atoms with Gasteiger partial charge in [-0.1, -0.05) is 26.0 Å². The summed E-state index contributed by atoms with van der Waals surface area (Å²) in [6, 6.07) is 0.223. The average Bonchev–Trinajstić information content (AvgIpc) is 2.60. The summed E-state index contributed by atoms with van der Waals surface area (Å²) in [5.41, 5.74) is -1.24. The summed E-state index contributed by atoms with van der Waals surface area (Å²) in [5.74, 6) is 0.269. The lowest BCUT2D eigenvalue weighted by molar-refractivity contribution is -0.129. The highest BCUT2D eigenvalue weighted by molar-refractivity contribution is 5.93. The molecule has 5 heteroatoms. The lowest BCUT2D eigenvalue weighted by Crippen LogP contribution is -2.59. The molecule has 2 N–H and O–H groups in total. The number of likely N-dealkylation sites (N-methyl/N-ethyl adjacent to an activating group) is 1. The van der Waals surface area contributed by atoms with Crippen LogP contribution in [-0.4, -0.2) is 60.3 Å². The van der Waals surface area contributed by atoms with Gasteiger partial charge in [0.05, 0.1) is 17.6 Å². The van der Waals surface area contributed by atoms with Crippen LogP contribution in [-0.2, 0) is 9.59 Å². The number of carbonyl (C=O) groups excluding carboxylic acids is 2. The van der Waals surface area contributed by atoms with Crippen LogP contribution < -0.4 is 10.6 Å². The minimum atomic E-state index is -0.659. The Balaban J connectivity index is 3.06. The minimum absolute atomic E-state index is 0.0564. The summed E-state index contributed by atoms with van der Waals surface area (Å²) < 4.78 is 0. The molecule has 0 spiro atoms. The third kappa shape index (κ3) is 7.76. The van der Waals surface area contributed by atoms with Crippen molar-refractivity contribution in [3.05, 3.63) is 12.2 Å². The Morgan fingerprint density at radius 3 is 2.43 bits per heavy atom. The highest BCUT2D eigenvalue weighted by Crippen LogP contribution is 2.22. The van der Waals surface area contributed by atoms with Gasteiger partial charge in [-0.3, -0.25) is 14.9 Å². The zero-order chi connectivity index (χ0) is 21.4. The van der Waals surface area contributed by atoms with Crippen molar-refractivity contribution >= 4 is 11.6 Å². The Labute approximate surface area is 172 Å². The summed E-state index contributed by atoms with van der Waals surface area (Å²) in [7, 11) is 2.12. The summed E-state index contributed by atoms with van der Waals surface area (Å²) in [4.78, 5) is 28.4. The predicted molar refractivity (Wildman–Crippen MR) is 118 cm³/mol. The van der Waals surface area contributed by atoms with Gasteiger partial charge in [-0.15, -0.1) is 0 Å². The number of rotatable bonds is 4. The fourth-order valence-electron chi connectivity index (χ4n) is 4.08. The van der Waals surface area contributed by atoms with Gasteiger partial charge in [0, 0.05) is 18.5 Å². The lowest BCUT2D eigenvalue weighted by Gasteiger charge is -2.35. The van der Waals surface area contributed by atoms with Crippen molar-refractivity contribution in [2.24, 2.45) is 5.92 Å². The Hall–Kier alpha value is -1.04. The normalized spacial score (nSPS) is 30.8. The summed E-state index contributed by atoms with van der Waals surface area (Å²) in [6.07, 6.45) is 8.79. The molecule has 0 aromatic carbocycles. The zero-order valence-corrected chi connectivity index (χ0v) is 19.2. The summed E-state index contributed by atoms with van der Waals surface area (Å²) in [6.45, 7) is 14.1. The first-order valence-electron chi connectivity index (χ1n) is 10.9. The third-order valence-electron chi connectivity index (χ3n) is 5.78. The topological polar surface area (TPSA) is 61.4 Å². The van der Waals surface area contributed by atoms with Gasteiger partial charge in [0.1, 0.15) is 0 Å². The smallest absolute Gasteiger partial charge is 0.166 e. The maximum Gasteiger partial charge on any atom is 0.166 e. The van der Waals surface area contributed by atoms with E-state index in [-0.39, 0.29) is 30.1 Å². The molecule has 0 saturated carbocycles. The van der Waals surface area contributed by atoms with Crippen molar-refractivity contribution in [2.75, 3.05) is 26.7 Å². The van der Waals surface area contributed by atoms with E-state index >= 15 is 0 Å². The minimum Gasteiger partial charge on any atom is -0.303 e. The average molecular weight is 394 g/mol. The van der Waals surface area contributed by atoms with E-state index in [1.807, 2.05) is 27.7 Å². The Morgan fingerprint density at radius 1 is 1.14 bits per heavy atom. The molecular weight excluding hydrogens is 350 g/mol. The largest absolute Gasteiger partial charge is 0.303 e. The van der Waals surface area contributed by atoms with Crippen molar-refractivity contribution in [3.8, 4) is 0 Å². The van der Waals surface area contributed by atoms with Gasteiger partial charge in [0.25, 0.3) is 0 Å². The monoisotopic (exact) mass is 393 g/mol. The predicted octanol–water partition coefficient (Wildman–Crippen LogP) is 3.34. The van der Waals surface area contributed by atoms with E-state index in [1.165, 1.54) is 0 Å². The van der Waals surface area contributed by atoms with Gasteiger partial charge in [0.15, 0.2) is 11.6 Å². The number of carbonyl (C=O) groups is 2. The number of hydrogen-bond acceptors (Lipinski definition) is 5. The molecule has 0 fully saturated rings. The molecule has 28 heavy (non-hydrogen) atoms. The van der Waals surface area contributed by atoms with E-state index < -0.39 is 11.1 Å². The second-order valence-electron chi connectivity index (χ2n) is 9.49. The first kappa shape index (κ1) is 25.0. The number of nitrogens with one attached hydrogen (secondary N) is 2. The molecule has 5 nitrogen and oxygen atoms in total. The van der Waals surface area contributed by atoms with E-state index in [0.29, 0.717) is 0 Å². The summed E-state index contributed by atoms with van der Waals surface area (Å²) >= 11 is 0. The molecule has 0 aromatic heterocycles. The Kier molecular flexibility index (Phi) is 10.0. The van der Waals surface area contributed by atoms with Crippen LogP contribution in [0.2, 0.25) is 0 Å². The second kappa shape index (κ2) is 11.2. The van der Waals surface area contributed by atoms with E-state index in [2.05, 4.69) is 48.6 Å². The maximum absolute atomic E-state index is 13.2. The molecule has 0 saturated heterocycles. The first-order chi connectivity index (χ1) is 13.0. The number of allylic oxidation sites excluding steroid dienone is 1. The number of Topliss-reactive ketones (excluding diaryl/α,β-unsaturated/α-hetero) is 2. The molecule has 1 heterocycles. The Bertz CT molecular complexity index is 544. The van der Waals surface area contributed by atoms with Crippen LogP contribution in [0.4, 0.5) is 0 Å². The molecule has 162 valence electrons. The van der Waals surface area contributed by atoms with Crippen LogP contribution in [0.3, 0.4) is 0 Å². The van der Waals surface area contributed by atoms with Gasteiger partial charge in [0.2, 0.25) is 0 Å². The van der Waals surface area contributed by atoms with Crippen LogP contribution in [0.5, 0.6) is 0 Å². The number of hydrogen-bond donors (Lipinski definition) is 2. The van der Waals surface area contributed by atoms with E-state index in [0.717, 1.165) is 45.2 Å². The van der Waals surface area contributed by atoms with E-state index in [1.54, 1.807) is 0 Å². The second-order valence-corrected chi connectivity index (χ2v) is 9.49. The quantitative estimate of drug-likeness (QED) is 0.718. The highest BCUT2D eigenvalue weighted by atomic mass is 16.1. The van der Waals surface area contributed by atoms with Gasteiger partial charge in [-0.05, 0) is 73.4 Å². The fourth-order valence-corrected chi connectivity index (χ4v) is 4.08. The van der Waals surface area contributed by atoms with Crippen LogP contribution in [0.1, 0.15) is 73.6 Å². The lowest BCUT2D eigenvalue weighted by atomic mass is 9.83. The van der Waals surface area contributed by atoms with Crippen molar-refractivity contribution in [1.29, 1.82) is 0 Å². The highest BCUT2D eigenvalue weighted by Gasteiger charge is 2.37. The molecule has 2 atom stereocenters. The molecule has 0 bridgehead atoms. The Morgan fingerprint density at radius 2 is 1.82 bits per heavy atom. The molecule has 1 aliphatic rings. The van der Waals surface area contributed by atoms with Gasteiger partial charge in [-0.2, -0.15) is 0 Å². The van der Waals surface area contributed by atoms with Crippen molar-refractivity contribution in [3.63, 3.8) is 0 Å². The van der Waals surface area contributed by atoms with Gasteiger partial charge in [-0.25, -0.2) is 0 Å². The standard InChI is InChI=1S/C23H43N3O2/c1-18(2)21(28)23(6)13-10-8-9-11-15-26(7)16-12-14-22(5,25-19(3)4)20(27)17-24-23/h9,11,18-19,24-25H,8,10,12-17H2,1-7H3/b11-9+/t22-,23-/m1/s1. The molecule has 0 radical (unpaired) electrons. The molecular formula is C23H43N3O2. The van der Waals surface area contributed by atoms with E-state index in [9.17, 15) is 9.59 Å². The SMILES string of the molecule is CC(C)N[C@]1(C)CCCN(C)C/C=C/CCC[C@](C)(C(=O)C(C)C)NCC1=O. The van der Waals surface area contributed by atoms with Crippen LogP contribution in [0.25, 0.3) is 0 Å². The number of nitrogens with zero attached hydrogens (tertiary/aromatic N) is 1. The fraction of sp³-hybridized carbons (Fsp3) is 0.826. The molecule has 0 aromatic rings. The van der Waals surface area contributed by atoms with Crippen LogP contribution in [0.15, 0.2) is 12.2 Å². The van der Waals surface area contributed by atoms with Crippen molar-refractivity contribution in [2.45, 2.75) is 90.8 Å². The molecule has 1 aliphatic heterocycles. The van der Waals surface area contributed by atoms with Gasteiger partial charge < -0.3 is 10.2 Å². The van der Waals surface area contributed by atoms with Crippen LogP contribution in [0, 0.1) is 5.92 Å². The van der Waals surface area contributed by atoms with E-state index in [4.69, 9.17) is 0 Å². The maximum atomic E-state index is 13.2. The number of ketones is 2. The molecule has 0 amide bonds. The molecule has 1 rings (SSSR count). The zero-order valence-electron chi connectivity index (χ0n) is 19.2. The molecule has 0 unspecified atom stereocenters. The van der Waals surface area contributed by atoms with Crippen molar-refractivity contribution in [1.82, 2.24) is 15.5 Å². The first-order valence-corrected chi connectivity index (χ1v) is 10.9. The van der Waals surface area contributed by atoms with Gasteiger partial charge >= 0.3 is 0 Å².